The van der Waals surface area contributed by atoms with E-state index in [0.717, 1.165) is 12.0 Å². The number of Topliss-reactive ketones (excluding diaryl/α,β-unsaturated/α-hetero) is 1. The van der Waals surface area contributed by atoms with Gasteiger partial charge in [0.1, 0.15) is 11.9 Å². The minimum atomic E-state index is -0.482. The molecule has 1 aliphatic heterocycles. The molecule has 1 N–H and O–H groups in total. The standard InChI is InChI=1S/C22H25NO6/c1-5-6-21(25)23-14-7-8-17-15(11-14)16(24)12-18(29-17)13-9-19(26-2)22(28-4)20(10-13)27-3/h7-11,18H,5-6,12H2,1-4H3,(H,23,25)/t18-/m0/s1. The predicted octanol–water partition coefficient (Wildman–Crippen LogP) is 4.16. The van der Waals surface area contributed by atoms with E-state index >= 15 is 0 Å². The van der Waals surface area contributed by atoms with Crippen LogP contribution >= 0.6 is 0 Å². The van der Waals surface area contributed by atoms with E-state index in [4.69, 9.17) is 18.9 Å². The summed E-state index contributed by atoms with van der Waals surface area (Å²) in [5, 5.41) is 2.81. The number of anilines is 1. The average molecular weight is 399 g/mol. The lowest BCUT2D eigenvalue weighted by Crippen LogP contribution is -2.21. The third kappa shape index (κ3) is 4.29. The van der Waals surface area contributed by atoms with E-state index in [1.165, 1.54) is 21.3 Å². The summed E-state index contributed by atoms with van der Waals surface area (Å²) >= 11 is 0. The number of rotatable bonds is 7. The number of hydrogen-bond acceptors (Lipinski definition) is 6. The first-order valence-electron chi connectivity index (χ1n) is 9.44. The Morgan fingerprint density at radius 2 is 1.79 bits per heavy atom. The minimum Gasteiger partial charge on any atom is -0.493 e. The summed E-state index contributed by atoms with van der Waals surface area (Å²) in [6, 6.07) is 8.67. The normalized spacial score (nSPS) is 15.2. The molecule has 7 heteroatoms. The van der Waals surface area contributed by atoms with Gasteiger partial charge in [-0.2, -0.15) is 0 Å². The number of carbonyl (C=O) groups excluding carboxylic acids is 2. The van der Waals surface area contributed by atoms with Crippen molar-refractivity contribution in [1.29, 1.82) is 0 Å². The van der Waals surface area contributed by atoms with Gasteiger partial charge in [-0.15, -0.1) is 0 Å². The molecule has 2 aromatic carbocycles. The Hall–Kier alpha value is -3.22. The molecule has 7 nitrogen and oxygen atoms in total. The second kappa shape index (κ2) is 8.86. The SMILES string of the molecule is CCCC(=O)Nc1ccc2c(c1)C(=O)C[C@@H](c1cc(OC)c(OC)c(OC)c1)O2. The van der Waals surface area contributed by atoms with Crippen molar-refractivity contribution in [3.05, 3.63) is 41.5 Å². The summed E-state index contributed by atoms with van der Waals surface area (Å²) in [7, 11) is 4.61. The molecule has 0 fully saturated rings. The number of nitrogens with one attached hydrogen (secondary N) is 1. The maximum atomic E-state index is 12.8. The topological polar surface area (TPSA) is 83.1 Å². The second-order valence-electron chi connectivity index (χ2n) is 6.70. The number of hydrogen-bond donors (Lipinski definition) is 1. The third-order valence-corrected chi connectivity index (χ3v) is 4.74. The molecule has 0 radical (unpaired) electrons. The number of ketones is 1. The van der Waals surface area contributed by atoms with Crippen molar-refractivity contribution in [3.63, 3.8) is 0 Å². The summed E-state index contributed by atoms with van der Waals surface area (Å²) < 4.78 is 22.2. The van der Waals surface area contributed by atoms with Crippen LogP contribution in [-0.4, -0.2) is 33.0 Å². The summed E-state index contributed by atoms with van der Waals surface area (Å²) in [4.78, 5) is 24.6. The lowest BCUT2D eigenvalue weighted by Gasteiger charge is -2.27. The molecule has 154 valence electrons. The Labute approximate surface area is 169 Å². The van der Waals surface area contributed by atoms with Gasteiger partial charge in [0.05, 0.1) is 33.3 Å². The van der Waals surface area contributed by atoms with Crippen LogP contribution in [0.1, 0.15) is 48.2 Å². The molecule has 0 spiro atoms. The smallest absolute Gasteiger partial charge is 0.224 e. The molecule has 0 aromatic heterocycles. The van der Waals surface area contributed by atoms with Crippen LogP contribution in [0.3, 0.4) is 0 Å². The quantitative estimate of drug-likeness (QED) is 0.753. The van der Waals surface area contributed by atoms with Crippen molar-refractivity contribution in [3.8, 4) is 23.0 Å². The van der Waals surface area contributed by atoms with Crippen LogP contribution in [0.5, 0.6) is 23.0 Å². The van der Waals surface area contributed by atoms with Gasteiger partial charge in [0.25, 0.3) is 0 Å². The number of ether oxygens (including phenoxy) is 4. The fraction of sp³-hybridized carbons (Fsp3) is 0.364. The molecule has 0 bridgehead atoms. The summed E-state index contributed by atoms with van der Waals surface area (Å²) in [6.07, 6.45) is 0.877. The van der Waals surface area contributed by atoms with Gasteiger partial charge in [0, 0.05) is 17.7 Å². The van der Waals surface area contributed by atoms with Crippen LogP contribution < -0.4 is 24.3 Å². The highest BCUT2D eigenvalue weighted by Gasteiger charge is 2.29. The first-order chi connectivity index (χ1) is 14.0. The van der Waals surface area contributed by atoms with E-state index in [2.05, 4.69) is 5.32 Å². The summed E-state index contributed by atoms with van der Waals surface area (Å²) in [6.45, 7) is 1.94. The Morgan fingerprint density at radius 1 is 1.10 bits per heavy atom. The Bertz CT molecular complexity index is 899. The molecular formula is C22H25NO6. The Balaban J connectivity index is 1.88. The first-order valence-corrected chi connectivity index (χ1v) is 9.44. The van der Waals surface area contributed by atoms with Crippen LogP contribution in [0.25, 0.3) is 0 Å². The number of amides is 1. The van der Waals surface area contributed by atoms with Crippen LogP contribution in [0, 0.1) is 0 Å². The molecule has 0 saturated heterocycles. The first kappa shape index (κ1) is 20.5. The lowest BCUT2D eigenvalue weighted by molar-refractivity contribution is -0.116. The number of carbonyl (C=O) groups is 2. The van der Waals surface area contributed by atoms with Gasteiger partial charge in [-0.1, -0.05) is 6.92 Å². The van der Waals surface area contributed by atoms with Gasteiger partial charge in [-0.05, 0) is 36.8 Å². The Morgan fingerprint density at radius 3 is 2.38 bits per heavy atom. The van der Waals surface area contributed by atoms with E-state index in [-0.39, 0.29) is 18.1 Å². The highest BCUT2D eigenvalue weighted by Crippen LogP contribution is 2.43. The molecule has 1 atom stereocenters. The maximum absolute atomic E-state index is 12.8. The summed E-state index contributed by atoms with van der Waals surface area (Å²) in [5.74, 6) is 1.82. The van der Waals surface area contributed by atoms with E-state index in [1.54, 1.807) is 30.3 Å². The van der Waals surface area contributed by atoms with Gasteiger partial charge >= 0.3 is 0 Å². The lowest BCUT2D eigenvalue weighted by atomic mass is 9.95. The Kier molecular flexibility index (Phi) is 6.26. The van der Waals surface area contributed by atoms with Crippen molar-refractivity contribution < 1.29 is 28.5 Å². The van der Waals surface area contributed by atoms with E-state index in [9.17, 15) is 9.59 Å². The third-order valence-electron chi connectivity index (χ3n) is 4.74. The largest absolute Gasteiger partial charge is 0.493 e. The zero-order valence-electron chi connectivity index (χ0n) is 17.0. The van der Waals surface area contributed by atoms with Gasteiger partial charge in [-0.25, -0.2) is 0 Å². The highest BCUT2D eigenvalue weighted by atomic mass is 16.5. The molecular weight excluding hydrogens is 374 g/mol. The van der Waals surface area contributed by atoms with E-state index < -0.39 is 6.10 Å². The van der Waals surface area contributed by atoms with Crippen LogP contribution in [0.15, 0.2) is 30.3 Å². The monoisotopic (exact) mass is 399 g/mol. The van der Waals surface area contributed by atoms with E-state index in [1.807, 2.05) is 6.92 Å². The number of benzene rings is 2. The van der Waals surface area contributed by atoms with Crippen LogP contribution in [0.2, 0.25) is 0 Å². The molecule has 0 unspecified atom stereocenters. The average Bonchev–Trinajstić information content (AvgIpc) is 2.73. The van der Waals surface area contributed by atoms with Crippen LogP contribution in [-0.2, 0) is 4.79 Å². The van der Waals surface area contributed by atoms with Gasteiger partial charge < -0.3 is 24.3 Å². The van der Waals surface area contributed by atoms with Crippen LogP contribution in [0.4, 0.5) is 5.69 Å². The minimum absolute atomic E-state index is 0.0587. The molecule has 0 saturated carbocycles. The number of fused-ring (bicyclic) bond motifs is 1. The maximum Gasteiger partial charge on any atom is 0.224 e. The van der Waals surface area contributed by atoms with Gasteiger partial charge in [0.2, 0.25) is 11.7 Å². The predicted molar refractivity (Wildman–Crippen MR) is 108 cm³/mol. The molecule has 0 aliphatic carbocycles. The van der Waals surface area contributed by atoms with Crippen molar-refractivity contribution in [1.82, 2.24) is 0 Å². The van der Waals surface area contributed by atoms with Crippen molar-refractivity contribution in [2.24, 2.45) is 0 Å². The van der Waals surface area contributed by atoms with Crippen molar-refractivity contribution in [2.45, 2.75) is 32.3 Å². The number of methoxy groups -OCH3 is 3. The van der Waals surface area contributed by atoms with Crippen molar-refractivity contribution >= 4 is 17.4 Å². The summed E-state index contributed by atoms with van der Waals surface area (Å²) in [5.41, 5.74) is 1.80. The second-order valence-corrected chi connectivity index (χ2v) is 6.70. The zero-order valence-corrected chi connectivity index (χ0v) is 17.0. The fourth-order valence-corrected chi connectivity index (χ4v) is 3.33. The molecule has 2 aromatic rings. The highest BCUT2D eigenvalue weighted by molar-refractivity contribution is 6.02. The van der Waals surface area contributed by atoms with E-state index in [0.29, 0.717) is 40.7 Å². The molecule has 1 aliphatic rings. The van der Waals surface area contributed by atoms with Gasteiger partial charge in [-0.3, -0.25) is 9.59 Å². The van der Waals surface area contributed by atoms with Crippen molar-refractivity contribution in [2.75, 3.05) is 26.6 Å². The molecule has 3 rings (SSSR count). The molecule has 29 heavy (non-hydrogen) atoms. The molecule has 1 heterocycles. The zero-order chi connectivity index (χ0) is 21.0. The molecule has 1 amide bonds. The fourth-order valence-electron chi connectivity index (χ4n) is 3.33. The van der Waals surface area contributed by atoms with Gasteiger partial charge in [0.15, 0.2) is 17.3 Å².